The number of hydrogen-bond donors (Lipinski definition) is 1. The predicted molar refractivity (Wildman–Crippen MR) is 97.4 cm³/mol. The molecule has 136 valence electrons. The third kappa shape index (κ3) is 4.56. The summed E-state index contributed by atoms with van der Waals surface area (Å²) in [4.78, 5) is 4.30. The molecule has 0 saturated heterocycles. The number of halogens is 1. The van der Waals surface area contributed by atoms with E-state index >= 15 is 0 Å². The maximum absolute atomic E-state index is 13.8. The molecule has 0 aliphatic carbocycles. The molecule has 2 aromatic carbocycles. The molecule has 5 nitrogen and oxygen atoms in total. The maximum Gasteiger partial charge on any atom is 0.229 e. The van der Waals surface area contributed by atoms with Crippen molar-refractivity contribution in [1.82, 2.24) is 9.71 Å². The van der Waals surface area contributed by atoms with Gasteiger partial charge in [-0.05, 0) is 24.6 Å². The van der Waals surface area contributed by atoms with E-state index < -0.39 is 15.8 Å². The average molecular weight is 374 g/mol. The zero-order valence-electron chi connectivity index (χ0n) is 14.3. The van der Waals surface area contributed by atoms with Gasteiger partial charge in [0.15, 0.2) is 0 Å². The summed E-state index contributed by atoms with van der Waals surface area (Å²) in [6.45, 7) is 1.92. The summed E-state index contributed by atoms with van der Waals surface area (Å²) in [5, 5.41) is 0. The molecule has 0 saturated carbocycles. The van der Waals surface area contributed by atoms with Gasteiger partial charge in [-0.2, -0.15) is 0 Å². The summed E-state index contributed by atoms with van der Waals surface area (Å²) >= 11 is 0. The van der Waals surface area contributed by atoms with E-state index in [1.54, 1.807) is 49.4 Å². The van der Waals surface area contributed by atoms with Crippen LogP contribution in [0, 0.1) is 12.7 Å². The quantitative estimate of drug-likeness (QED) is 0.687. The molecule has 0 spiro atoms. The number of hydrogen-bond acceptors (Lipinski definition) is 4. The second kappa shape index (κ2) is 7.80. The Morgan fingerprint density at radius 2 is 1.77 bits per heavy atom. The summed E-state index contributed by atoms with van der Waals surface area (Å²) in [7, 11) is -3.44. The van der Waals surface area contributed by atoms with Crippen molar-refractivity contribution in [3.05, 3.63) is 77.4 Å². The smallest absolute Gasteiger partial charge is 0.229 e. The van der Waals surface area contributed by atoms with Crippen LogP contribution < -0.4 is 4.72 Å². The molecule has 7 heteroatoms. The third-order valence-electron chi connectivity index (χ3n) is 3.88. The van der Waals surface area contributed by atoms with Crippen molar-refractivity contribution in [2.45, 2.75) is 19.1 Å². The van der Waals surface area contributed by atoms with E-state index in [1.807, 2.05) is 6.07 Å². The first-order valence-corrected chi connectivity index (χ1v) is 9.82. The summed E-state index contributed by atoms with van der Waals surface area (Å²) < 4.78 is 46.2. The molecule has 0 bridgehead atoms. The Balaban J connectivity index is 1.63. The zero-order chi connectivity index (χ0) is 18.6. The van der Waals surface area contributed by atoms with E-state index in [9.17, 15) is 12.8 Å². The van der Waals surface area contributed by atoms with Crippen LogP contribution in [0.3, 0.4) is 0 Å². The Morgan fingerprint density at radius 3 is 2.50 bits per heavy atom. The highest BCUT2D eigenvalue weighted by Crippen LogP contribution is 2.24. The van der Waals surface area contributed by atoms with E-state index in [1.165, 1.54) is 6.07 Å². The van der Waals surface area contributed by atoms with Crippen LogP contribution in [0.1, 0.15) is 17.0 Å². The number of nitrogens with zero attached hydrogens (tertiary/aromatic N) is 1. The number of oxazole rings is 1. The van der Waals surface area contributed by atoms with Crippen LogP contribution in [0.25, 0.3) is 11.5 Å². The molecule has 0 unspecified atom stereocenters. The van der Waals surface area contributed by atoms with Crippen molar-refractivity contribution in [1.29, 1.82) is 0 Å². The third-order valence-corrected chi connectivity index (χ3v) is 5.24. The number of benzene rings is 2. The van der Waals surface area contributed by atoms with Crippen molar-refractivity contribution in [2.75, 3.05) is 6.54 Å². The van der Waals surface area contributed by atoms with Crippen molar-refractivity contribution in [3.8, 4) is 11.5 Å². The lowest BCUT2D eigenvalue weighted by atomic mass is 10.2. The minimum atomic E-state index is -3.44. The molecule has 0 fully saturated rings. The van der Waals surface area contributed by atoms with Crippen LogP contribution in [0.15, 0.2) is 59.0 Å². The first-order valence-electron chi connectivity index (χ1n) is 8.17. The molecule has 1 N–H and O–H groups in total. The molecule has 0 aliphatic rings. The number of aryl methyl sites for hydroxylation is 1. The molecule has 3 aromatic rings. The highest BCUT2D eigenvalue weighted by molar-refractivity contribution is 7.88. The highest BCUT2D eigenvalue weighted by Gasteiger charge is 2.16. The van der Waals surface area contributed by atoms with E-state index in [0.717, 1.165) is 5.56 Å². The van der Waals surface area contributed by atoms with Crippen molar-refractivity contribution >= 4 is 10.0 Å². The lowest BCUT2D eigenvalue weighted by Gasteiger charge is -2.06. The van der Waals surface area contributed by atoms with Gasteiger partial charge in [0, 0.05) is 13.0 Å². The van der Waals surface area contributed by atoms with Crippen molar-refractivity contribution < 1.29 is 17.2 Å². The topological polar surface area (TPSA) is 72.2 Å². The fourth-order valence-corrected chi connectivity index (χ4v) is 3.73. The van der Waals surface area contributed by atoms with Crippen LogP contribution in [0.4, 0.5) is 4.39 Å². The Kier molecular flexibility index (Phi) is 5.49. The predicted octanol–water partition coefficient (Wildman–Crippen LogP) is 3.45. The molecule has 1 aromatic heterocycles. The average Bonchev–Trinajstić information content (AvgIpc) is 2.96. The minimum Gasteiger partial charge on any atom is -0.441 e. The Labute approximate surface area is 151 Å². The van der Waals surface area contributed by atoms with Gasteiger partial charge in [0.2, 0.25) is 15.9 Å². The van der Waals surface area contributed by atoms with Gasteiger partial charge in [-0.1, -0.05) is 42.5 Å². The SMILES string of the molecule is Cc1oc(-c2ccccc2F)nc1CCNS(=O)(=O)Cc1ccccc1. The van der Waals surface area contributed by atoms with Crippen molar-refractivity contribution in [3.63, 3.8) is 0 Å². The second-order valence-corrected chi connectivity index (χ2v) is 7.70. The summed E-state index contributed by atoms with van der Waals surface area (Å²) in [5.74, 6) is 0.253. The van der Waals surface area contributed by atoms with Gasteiger partial charge in [-0.25, -0.2) is 22.5 Å². The number of aromatic nitrogens is 1. The monoisotopic (exact) mass is 374 g/mol. The standard InChI is InChI=1S/C19H19FN2O3S/c1-14-18(22-19(25-14)16-9-5-6-10-17(16)20)11-12-21-26(23,24)13-15-7-3-2-4-8-15/h2-10,21H,11-13H2,1H3. The van der Waals surface area contributed by atoms with Gasteiger partial charge >= 0.3 is 0 Å². The maximum atomic E-state index is 13.8. The van der Waals surface area contributed by atoms with Crippen LogP contribution in [-0.2, 0) is 22.2 Å². The molecule has 0 radical (unpaired) electrons. The minimum absolute atomic E-state index is 0.0773. The molecule has 0 atom stereocenters. The molecule has 3 rings (SSSR count). The van der Waals surface area contributed by atoms with E-state index in [2.05, 4.69) is 9.71 Å². The first-order chi connectivity index (χ1) is 12.4. The normalized spacial score (nSPS) is 11.6. The largest absolute Gasteiger partial charge is 0.441 e. The van der Waals surface area contributed by atoms with Gasteiger partial charge in [-0.3, -0.25) is 0 Å². The molecule has 1 heterocycles. The molecule has 0 amide bonds. The van der Waals surface area contributed by atoms with Gasteiger partial charge in [0.05, 0.1) is 17.0 Å². The fourth-order valence-electron chi connectivity index (χ4n) is 2.58. The summed E-state index contributed by atoms with van der Waals surface area (Å²) in [5.41, 5.74) is 1.61. The fraction of sp³-hybridized carbons (Fsp3) is 0.211. The second-order valence-electron chi connectivity index (χ2n) is 5.89. The Morgan fingerprint density at radius 1 is 1.08 bits per heavy atom. The van der Waals surface area contributed by atoms with Gasteiger partial charge < -0.3 is 4.42 Å². The van der Waals surface area contributed by atoms with Crippen LogP contribution >= 0.6 is 0 Å². The lowest BCUT2D eigenvalue weighted by molar-refractivity contribution is 0.531. The molecule has 0 aliphatic heterocycles. The number of rotatable bonds is 7. The Hall–Kier alpha value is -2.51. The van der Waals surface area contributed by atoms with Crippen LogP contribution in [-0.4, -0.2) is 19.9 Å². The molecular formula is C19H19FN2O3S. The van der Waals surface area contributed by atoms with Gasteiger partial charge in [-0.15, -0.1) is 0 Å². The Bertz CT molecular complexity index is 985. The van der Waals surface area contributed by atoms with E-state index in [-0.39, 0.29) is 23.8 Å². The van der Waals surface area contributed by atoms with E-state index in [4.69, 9.17) is 4.42 Å². The molecular weight excluding hydrogens is 355 g/mol. The van der Waals surface area contributed by atoms with Crippen molar-refractivity contribution in [2.24, 2.45) is 0 Å². The number of sulfonamides is 1. The molecule has 26 heavy (non-hydrogen) atoms. The van der Waals surface area contributed by atoms with Gasteiger partial charge in [0.25, 0.3) is 0 Å². The zero-order valence-corrected chi connectivity index (χ0v) is 15.1. The van der Waals surface area contributed by atoms with E-state index in [0.29, 0.717) is 17.9 Å². The first kappa shape index (κ1) is 18.3. The lowest BCUT2D eigenvalue weighted by Crippen LogP contribution is -2.27. The number of nitrogens with one attached hydrogen (secondary N) is 1. The summed E-state index contributed by atoms with van der Waals surface area (Å²) in [6.07, 6.45) is 0.359. The summed E-state index contributed by atoms with van der Waals surface area (Å²) in [6, 6.07) is 15.2. The van der Waals surface area contributed by atoms with Crippen LogP contribution in [0.2, 0.25) is 0 Å². The van der Waals surface area contributed by atoms with Crippen LogP contribution in [0.5, 0.6) is 0 Å². The highest BCUT2D eigenvalue weighted by atomic mass is 32.2. The van der Waals surface area contributed by atoms with Gasteiger partial charge in [0.1, 0.15) is 11.6 Å².